The molecule has 1 spiro atoms. The van der Waals surface area contributed by atoms with Gasteiger partial charge in [-0.2, -0.15) is 4.98 Å². The van der Waals surface area contributed by atoms with Gasteiger partial charge in [0.1, 0.15) is 5.52 Å². The van der Waals surface area contributed by atoms with Crippen LogP contribution in [0.25, 0.3) is 11.1 Å². The zero-order valence-corrected chi connectivity index (χ0v) is 19.8. The fourth-order valence-electron chi connectivity index (χ4n) is 5.62. The van der Waals surface area contributed by atoms with Crippen LogP contribution < -0.4 is 10.2 Å². The molecule has 1 aliphatic carbocycles. The van der Waals surface area contributed by atoms with Gasteiger partial charge in [0, 0.05) is 24.2 Å². The Balaban J connectivity index is 1.13. The van der Waals surface area contributed by atoms with Crippen LogP contribution in [0.4, 0.5) is 6.01 Å². The normalized spacial score (nSPS) is 25.8. The van der Waals surface area contributed by atoms with Crippen LogP contribution in [0.5, 0.6) is 0 Å². The van der Waals surface area contributed by atoms with Crippen molar-refractivity contribution in [2.24, 2.45) is 11.3 Å². The van der Waals surface area contributed by atoms with Crippen molar-refractivity contribution in [1.82, 2.24) is 10.3 Å². The molecule has 32 heavy (non-hydrogen) atoms. The number of nitrogens with zero attached hydrogens (tertiary/aromatic N) is 2. The number of anilines is 1. The fourth-order valence-corrected chi connectivity index (χ4v) is 7.49. The van der Waals surface area contributed by atoms with Crippen LogP contribution in [0.1, 0.15) is 51.4 Å². The van der Waals surface area contributed by atoms with Crippen molar-refractivity contribution in [2.75, 3.05) is 29.5 Å². The van der Waals surface area contributed by atoms with E-state index in [1.54, 1.807) is 0 Å². The van der Waals surface area contributed by atoms with Crippen LogP contribution in [0.2, 0.25) is 5.02 Å². The molecule has 1 aromatic heterocycles. The van der Waals surface area contributed by atoms with Crippen molar-refractivity contribution in [3.8, 4) is 0 Å². The van der Waals surface area contributed by atoms with Crippen LogP contribution >= 0.6 is 11.6 Å². The van der Waals surface area contributed by atoms with E-state index in [1.807, 2.05) is 18.2 Å². The van der Waals surface area contributed by atoms with E-state index in [1.165, 1.54) is 0 Å². The average Bonchev–Trinajstić information content (AvgIpc) is 3.18. The average molecular weight is 480 g/mol. The Kier molecular flexibility index (Phi) is 5.86. The number of aromatic nitrogens is 1. The van der Waals surface area contributed by atoms with E-state index in [4.69, 9.17) is 16.0 Å². The molecule has 2 saturated heterocycles. The Labute approximate surface area is 193 Å². The Morgan fingerprint density at radius 2 is 1.91 bits per heavy atom. The smallest absolute Gasteiger partial charge is 0.298 e. The summed E-state index contributed by atoms with van der Waals surface area (Å²) in [5, 5.41) is 3.81. The van der Waals surface area contributed by atoms with Gasteiger partial charge in [-0.25, -0.2) is 8.42 Å². The number of nitrogens with one attached hydrogen (secondary N) is 1. The number of carbonyl (C=O) groups excluding carboxylic acids is 1. The molecule has 3 heterocycles. The second-order valence-electron chi connectivity index (χ2n) is 9.83. The largest absolute Gasteiger partial charge is 0.423 e. The first-order chi connectivity index (χ1) is 15.3. The first kappa shape index (κ1) is 22.0. The fraction of sp³-hybridized carbons (Fsp3) is 0.652. The number of rotatable bonds is 3. The van der Waals surface area contributed by atoms with Crippen molar-refractivity contribution in [2.45, 2.75) is 57.4 Å². The summed E-state index contributed by atoms with van der Waals surface area (Å²) in [6.07, 6.45) is 7.58. The maximum Gasteiger partial charge on any atom is 0.298 e. The maximum atomic E-state index is 12.6. The first-order valence-electron chi connectivity index (χ1n) is 11.6. The van der Waals surface area contributed by atoms with Gasteiger partial charge in [-0.15, -0.1) is 0 Å². The van der Waals surface area contributed by atoms with Crippen LogP contribution in [-0.2, 0) is 14.6 Å². The van der Waals surface area contributed by atoms with Crippen molar-refractivity contribution in [3.63, 3.8) is 0 Å². The summed E-state index contributed by atoms with van der Waals surface area (Å²) in [5.74, 6) is -0.219. The number of hydrogen-bond acceptors (Lipinski definition) is 6. The molecular formula is C23H30ClN3O4S. The summed E-state index contributed by atoms with van der Waals surface area (Å²) in [5.41, 5.74) is 1.86. The summed E-state index contributed by atoms with van der Waals surface area (Å²) in [6, 6.07) is 6.33. The molecule has 7 nitrogen and oxygen atoms in total. The van der Waals surface area contributed by atoms with Gasteiger partial charge in [-0.3, -0.25) is 4.79 Å². The number of benzene rings is 1. The number of piperidine rings is 1. The van der Waals surface area contributed by atoms with Gasteiger partial charge >= 0.3 is 0 Å². The number of sulfone groups is 1. The molecule has 2 aromatic rings. The Bertz CT molecular complexity index is 1100. The van der Waals surface area contributed by atoms with Crippen molar-refractivity contribution in [3.05, 3.63) is 23.2 Å². The predicted octanol–water partition coefficient (Wildman–Crippen LogP) is 3.95. The highest BCUT2D eigenvalue weighted by Gasteiger charge is 2.40. The molecule has 1 amide bonds. The number of carbonyl (C=O) groups is 1. The van der Waals surface area contributed by atoms with Crippen LogP contribution in [0.3, 0.4) is 0 Å². The minimum Gasteiger partial charge on any atom is -0.423 e. The van der Waals surface area contributed by atoms with Crippen LogP contribution in [0.15, 0.2) is 22.6 Å². The molecule has 3 fully saturated rings. The molecule has 3 aliphatic rings. The molecule has 0 bridgehead atoms. The summed E-state index contributed by atoms with van der Waals surface area (Å²) in [6.45, 7) is 1.83. The summed E-state index contributed by atoms with van der Waals surface area (Å²) in [7, 11) is -3.06. The number of hydrogen-bond donors (Lipinski definition) is 1. The zero-order chi connectivity index (χ0) is 22.3. The van der Waals surface area contributed by atoms with Gasteiger partial charge < -0.3 is 14.6 Å². The lowest BCUT2D eigenvalue weighted by Gasteiger charge is -2.45. The van der Waals surface area contributed by atoms with Crippen LogP contribution in [-0.4, -0.2) is 49.9 Å². The van der Waals surface area contributed by atoms with E-state index in [2.05, 4.69) is 15.2 Å². The van der Waals surface area contributed by atoms with Gasteiger partial charge in [0.2, 0.25) is 5.91 Å². The van der Waals surface area contributed by atoms with Crippen LogP contribution in [0, 0.1) is 11.3 Å². The molecule has 1 aromatic carbocycles. The lowest BCUT2D eigenvalue weighted by Crippen LogP contribution is -2.48. The highest BCUT2D eigenvalue weighted by molar-refractivity contribution is 7.91. The van der Waals surface area contributed by atoms with Crippen molar-refractivity contribution in [1.29, 1.82) is 0 Å². The van der Waals surface area contributed by atoms with E-state index in [-0.39, 0.29) is 29.4 Å². The van der Waals surface area contributed by atoms with Gasteiger partial charge in [0.25, 0.3) is 6.01 Å². The Morgan fingerprint density at radius 3 is 2.62 bits per heavy atom. The summed E-state index contributed by atoms with van der Waals surface area (Å²) in [4.78, 5) is 19.4. The first-order valence-corrected chi connectivity index (χ1v) is 13.8. The molecular weight excluding hydrogens is 450 g/mol. The molecule has 2 aliphatic heterocycles. The van der Waals surface area contributed by atoms with Gasteiger partial charge in [0.05, 0.1) is 17.4 Å². The topological polar surface area (TPSA) is 92.5 Å². The Hall–Kier alpha value is -1.80. The third kappa shape index (κ3) is 4.62. The molecule has 1 saturated carbocycles. The highest BCUT2D eigenvalue weighted by atomic mass is 35.5. The number of oxazole rings is 1. The third-order valence-electron chi connectivity index (χ3n) is 7.66. The lowest BCUT2D eigenvalue weighted by atomic mass is 9.67. The SMILES string of the molecule is O=C(NC1CCC2(CC1)CCN(c1nc3cc(Cl)ccc3o1)CC2)C1CCCS(=O)(=O)C1. The quantitative estimate of drug-likeness (QED) is 0.716. The molecule has 9 heteroatoms. The molecule has 1 atom stereocenters. The van der Waals surface area contributed by atoms with E-state index < -0.39 is 9.84 Å². The van der Waals surface area contributed by atoms with Gasteiger partial charge in [0.15, 0.2) is 15.4 Å². The molecule has 0 radical (unpaired) electrons. The predicted molar refractivity (Wildman–Crippen MR) is 125 cm³/mol. The second-order valence-corrected chi connectivity index (χ2v) is 12.5. The van der Waals surface area contributed by atoms with E-state index in [0.29, 0.717) is 29.3 Å². The maximum absolute atomic E-state index is 12.6. The van der Waals surface area contributed by atoms with Gasteiger partial charge in [-0.1, -0.05) is 11.6 Å². The van der Waals surface area contributed by atoms with E-state index >= 15 is 0 Å². The zero-order valence-electron chi connectivity index (χ0n) is 18.2. The summed E-state index contributed by atoms with van der Waals surface area (Å²) >= 11 is 6.06. The minimum atomic E-state index is -3.06. The molecule has 1 N–H and O–H groups in total. The van der Waals surface area contributed by atoms with Crippen molar-refractivity contribution >= 4 is 44.5 Å². The lowest BCUT2D eigenvalue weighted by molar-refractivity contribution is -0.125. The second kappa shape index (κ2) is 8.52. The minimum absolute atomic E-state index is 0.00730. The molecule has 1 unspecified atom stereocenters. The van der Waals surface area contributed by atoms with E-state index in [9.17, 15) is 13.2 Å². The monoisotopic (exact) mass is 479 g/mol. The van der Waals surface area contributed by atoms with E-state index in [0.717, 1.165) is 62.7 Å². The summed E-state index contributed by atoms with van der Waals surface area (Å²) < 4.78 is 29.6. The van der Waals surface area contributed by atoms with Gasteiger partial charge in [-0.05, 0) is 75.0 Å². The number of halogens is 1. The molecule has 5 rings (SSSR count). The van der Waals surface area contributed by atoms with Crippen molar-refractivity contribution < 1.29 is 17.6 Å². The Morgan fingerprint density at radius 1 is 1.16 bits per heavy atom. The number of fused-ring (bicyclic) bond motifs is 1. The molecule has 174 valence electrons. The third-order valence-corrected chi connectivity index (χ3v) is 9.72. The highest BCUT2D eigenvalue weighted by Crippen LogP contribution is 2.45. The number of amides is 1. The standard InChI is InChI=1S/C23H30ClN3O4S/c24-17-3-4-20-19(14-17)26-22(31-20)27-11-9-23(10-12-27)7-5-18(6-8-23)25-21(28)16-2-1-13-32(29,30)15-16/h3-4,14,16,18H,1-2,5-13,15H2,(H,25,28).